The van der Waals surface area contributed by atoms with Crippen LogP contribution in [0.2, 0.25) is 10.0 Å². The van der Waals surface area contributed by atoms with E-state index >= 15 is 0 Å². The van der Waals surface area contributed by atoms with Crippen LogP contribution < -0.4 is 4.90 Å². The summed E-state index contributed by atoms with van der Waals surface area (Å²) in [6.07, 6.45) is 0. The minimum atomic E-state index is 0.145. The van der Waals surface area contributed by atoms with Crippen molar-refractivity contribution in [1.29, 1.82) is 5.41 Å². The van der Waals surface area contributed by atoms with Crippen LogP contribution in [0.5, 0.6) is 0 Å². The molecule has 136 valence electrons. The number of hydrogen-bond acceptors (Lipinski definition) is 4. The molecule has 0 amide bonds. The fourth-order valence-electron chi connectivity index (χ4n) is 3.07. The lowest BCUT2D eigenvalue weighted by Gasteiger charge is -2.21. The van der Waals surface area contributed by atoms with Crippen molar-refractivity contribution < 1.29 is 5.11 Å². The summed E-state index contributed by atoms with van der Waals surface area (Å²) in [5, 5.41) is 23.0. The molecular formula is C20H15Cl2N3OS. The van der Waals surface area contributed by atoms with E-state index in [0.717, 1.165) is 22.5 Å². The zero-order chi connectivity index (χ0) is 19.1. The maximum absolute atomic E-state index is 10.5. The van der Waals surface area contributed by atoms with E-state index in [0.29, 0.717) is 20.6 Å². The second-order valence-electron chi connectivity index (χ2n) is 6.23. The van der Waals surface area contributed by atoms with Crippen LogP contribution in [0, 0.1) is 12.3 Å². The van der Waals surface area contributed by atoms with Gasteiger partial charge in [-0.2, -0.15) is 0 Å². The average Bonchev–Trinajstić information content (AvgIpc) is 3.20. The number of aromatic nitrogens is 1. The molecule has 7 heteroatoms. The van der Waals surface area contributed by atoms with Gasteiger partial charge in [0.2, 0.25) is 0 Å². The number of hydrogen-bond donors (Lipinski definition) is 2. The highest BCUT2D eigenvalue weighted by Crippen LogP contribution is 2.36. The minimum absolute atomic E-state index is 0.145. The summed E-state index contributed by atoms with van der Waals surface area (Å²) in [5.41, 5.74) is 4.00. The smallest absolute Gasteiger partial charge is 0.139 e. The molecular weight excluding hydrogens is 401 g/mol. The molecule has 4 nitrogen and oxygen atoms in total. The molecule has 0 saturated heterocycles. The van der Waals surface area contributed by atoms with Gasteiger partial charge < -0.3 is 10.0 Å². The van der Waals surface area contributed by atoms with Crippen molar-refractivity contribution in [2.24, 2.45) is 0 Å². The Kier molecular flexibility index (Phi) is 4.68. The van der Waals surface area contributed by atoms with Crippen molar-refractivity contribution in [3.05, 3.63) is 74.2 Å². The molecule has 0 saturated carbocycles. The van der Waals surface area contributed by atoms with E-state index in [-0.39, 0.29) is 18.1 Å². The molecule has 0 spiro atoms. The molecule has 0 unspecified atom stereocenters. The lowest BCUT2D eigenvalue weighted by molar-refractivity contribution is 0.411. The Morgan fingerprint density at radius 1 is 1.11 bits per heavy atom. The third-order valence-electron chi connectivity index (χ3n) is 4.41. The summed E-state index contributed by atoms with van der Waals surface area (Å²) in [6, 6.07) is 12.9. The van der Waals surface area contributed by atoms with Crippen molar-refractivity contribution in [2.75, 3.05) is 11.4 Å². The molecule has 2 aromatic carbocycles. The molecule has 27 heavy (non-hydrogen) atoms. The molecule has 0 bridgehead atoms. The first kappa shape index (κ1) is 18.0. The summed E-state index contributed by atoms with van der Waals surface area (Å²) in [5.74, 6) is 0.376. The fraction of sp³-hybridized carbons (Fsp3) is 0.100. The average molecular weight is 416 g/mol. The molecule has 1 aliphatic rings. The van der Waals surface area contributed by atoms with Gasteiger partial charge in [-0.25, -0.2) is 4.98 Å². The van der Waals surface area contributed by atoms with E-state index in [9.17, 15) is 5.11 Å². The number of benzene rings is 2. The Balaban J connectivity index is 1.65. The molecule has 0 aliphatic carbocycles. The van der Waals surface area contributed by atoms with Gasteiger partial charge in [0.15, 0.2) is 0 Å². The number of aryl methyl sites for hydroxylation is 1. The summed E-state index contributed by atoms with van der Waals surface area (Å²) < 4.78 is 0. The van der Waals surface area contributed by atoms with E-state index in [1.54, 1.807) is 11.0 Å². The van der Waals surface area contributed by atoms with E-state index in [1.165, 1.54) is 11.3 Å². The number of aliphatic hydroxyl groups excluding tert-OH is 1. The standard InChI is InChI=1S/C20H15Cl2N3OS/c1-11-8-14(22)6-7-16(11)25-9-17(26)18(19(25)23)20-24-15(10-27-20)12-2-4-13(21)5-3-12/h2-8,10,23,26H,9H2,1H3. The van der Waals surface area contributed by atoms with Crippen LogP contribution in [0.3, 0.4) is 0 Å². The lowest BCUT2D eigenvalue weighted by Crippen LogP contribution is -2.26. The fourth-order valence-corrected chi connectivity index (χ4v) is 4.32. The predicted molar refractivity (Wildman–Crippen MR) is 113 cm³/mol. The first-order valence-electron chi connectivity index (χ1n) is 8.20. The second kappa shape index (κ2) is 7.00. The first-order valence-corrected chi connectivity index (χ1v) is 9.84. The highest BCUT2D eigenvalue weighted by molar-refractivity contribution is 7.11. The predicted octanol–water partition coefficient (Wildman–Crippen LogP) is 6.19. The Morgan fingerprint density at radius 2 is 1.81 bits per heavy atom. The molecule has 4 rings (SSSR count). The van der Waals surface area contributed by atoms with Gasteiger partial charge in [0.05, 0.1) is 17.8 Å². The van der Waals surface area contributed by atoms with Crippen LogP contribution in [-0.2, 0) is 0 Å². The number of halogens is 2. The second-order valence-corrected chi connectivity index (χ2v) is 7.96. The Hall–Kier alpha value is -2.34. The summed E-state index contributed by atoms with van der Waals surface area (Å²) in [4.78, 5) is 6.39. The van der Waals surface area contributed by atoms with Crippen molar-refractivity contribution in [3.63, 3.8) is 0 Å². The van der Waals surface area contributed by atoms with Gasteiger partial charge in [0.1, 0.15) is 16.6 Å². The molecule has 0 fully saturated rings. The number of thiazole rings is 1. The maximum Gasteiger partial charge on any atom is 0.139 e. The minimum Gasteiger partial charge on any atom is -0.510 e. The summed E-state index contributed by atoms with van der Waals surface area (Å²) >= 11 is 13.4. The lowest BCUT2D eigenvalue weighted by atomic mass is 10.1. The van der Waals surface area contributed by atoms with Crippen LogP contribution in [0.25, 0.3) is 16.8 Å². The summed E-state index contributed by atoms with van der Waals surface area (Å²) in [7, 11) is 0. The van der Waals surface area contributed by atoms with Crippen LogP contribution in [0.1, 0.15) is 10.6 Å². The Labute approximate surface area is 170 Å². The highest BCUT2D eigenvalue weighted by Gasteiger charge is 2.32. The van der Waals surface area contributed by atoms with Gasteiger partial charge in [-0.05, 0) is 42.8 Å². The zero-order valence-electron chi connectivity index (χ0n) is 14.3. The van der Waals surface area contributed by atoms with Crippen molar-refractivity contribution in [3.8, 4) is 11.3 Å². The third kappa shape index (κ3) is 3.34. The van der Waals surface area contributed by atoms with Gasteiger partial charge in [-0.3, -0.25) is 5.41 Å². The van der Waals surface area contributed by atoms with Gasteiger partial charge in [-0.1, -0.05) is 35.3 Å². The molecule has 0 radical (unpaired) electrons. The number of nitrogens with zero attached hydrogens (tertiary/aromatic N) is 2. The Bertz CT molecular complexity index is 1070. The van der Waals surface area contributed by atoms with Gasteiger partial charge in [0.25, 0.3) is 0 Å². The number of anilines is 1. The zero-order valence-corrected chi connectivity index (χ0v) is 16.7. The SMILES string of the molecule is Cc1cc(Cl)ccc1N1CC(O)=C(c2nc(-c3ccc(Cl)cc3)cs2)C1=N. The molecule has 1 aliphatic heterocycles. The number of rotatable bonds is 3. The van der Waals surface area contributed by atoms with Gasteiger partial charge in [0, 0.05) is 26.7 Å². The highest BCUT2D eigenvalue weighted by atomic mass is 35.5. The first-order chi connectivity index (χ1) is 12.9. The monoisotopic (exact) mass is 415 g/mol. The topological polar surface area (TPSA) is 60.2 Å². The van der Waals surface area contributed by atoms with Crippen molar-refractivity contribution in [2.45, 2.75) is 6.92 Å². The molecule has 3 aromatic rings. The maximum atomic E-state index is 10.5. The molecule has 2 N–H and O–H groups in total. The van der Waals surface area contributed by atoms with Crippen LogP contribution >= 0.6 is 34.5 Å². The van der Waals surface area contributed by atoms with Crippen LogP contribution in [0.15, 0.2) is 53.6 Å². The van der Waals surface area contributed by atoms with Crippen LogP contribution in [0.4, 0.5) is 5.69 Å². The van der Waals surface area contributed by atoms with E-state index < -0.39 is 0 Å². The Morgan fingerprint density at radius 3 is 2.52 bits per heavy atom. The third-order valence-corrected chi connectivity index (χ3v) is 5.76. The van der Waals surface area contributed by atoms with Gasteiger partial charge >= 0.3 is 0 Å². The van der Waals surface area contributed by atoms with E-state index in [2.05, 4.69) is 4.98 Å². The largest absolute Gasteiger partial charge is 0.510 e. The number of amidine groups is 1. The van der Waals surface area contributed by atoms with Crippen molar-refractivity contribution in [1.82, 2.24) is 4.98 Å². The van der Waals surface area contributed by atoms with E-state index in [4.69, 9.17) is 28.6 Å². The van der Waals surface area contributed by atoms with E-state index in [1.807, 2.05) is 48.7 Å². The quantitative estimate of drug-likeness (QED) is 0.535. The normalized spacial score (nSPS) is 14.3. The van der Waals surface area contributed by atoms with Crippen LogP contribution in [-0.4, -0.2) is 22.5 Å². The summed E-state index contributed by atoms with van der Waals surface area (Å²) in [6.45, 7) is 2.18. The molecule has 0 atom stereocenters. The van der Waals surface area contributed by atoms with Crippen molar-refractivity contribution >= 4 is 51.6 Å². The molecule has 2 heterocycles. The number of nitrogens with one attached hydrogen (secondary N) is 1. The number of aliphatic hydroxyl groups is 1. The van der Waals surface area contributed by atoms with Gasteiger partial charge in [-0.15, -0.1) is 11.3 Å². The molecule has 1 aromatic heterocycles.